The molecule has 252 valence electrons. The normalized spacial score (nSPS) is 12.3. The van der Waals surface area contributed by atoms with E-state index in [2.05, 4.69) is 151 Å². The number of pyridine rings is 1. The molecule has 8 aromatic rings. The van der Waals surface area contributed by atoms with E-state index >= 15 is 0 Å². The van der Waals surface area contributed by atoms with Gasteiger partial charge >= 0.3 is 0 Å². The van der Waals surface area contributed by atoms with Crippen LogP contribution in [-0.2, 0) is 21.1 Å². The number of para-hydroxylation sites is 2. The summed E-state index contributed by atoms with van der Waals surface area (Å²) in [6, 6.07) is 53.4. The number of ether oxygens (including phenoxy) is 1. The molecule has 0 amide bonds. The minimum absolute atomic E-state index is 0. The SMILES string of the molecule is Cc1cc(Oc2[c-]c3c(c(-c4ccccc4)c2)c2ccccc2n3-c2ccccn2)[c-]c(N2[CH-]N(c3ccccc3)c3cc(C)c(C)cc32)c1.[Pt]. The number of aryl methyl sites for hydroxylation is 3. The summed E-state index contributed by atoms with van der Waals surface area (Å²) >= 11 is 0. The fourth-order valence-electron chi connectivity index (χ4n) is 6.97. The third kappa shape index (κ3) is 5.78. The van der Waals surface area contributed by atoms with Gasteiger partial charge in [-0.05, 0) is 78.4 Å². The van der Waals surface area contributed by atoms with E-state index in [9.17, 15) is 0 Å². The van der Waals surface area contributed by atoms with Crippen LogP contribution in [0, 0.1) is 39.6 Å². The van der Waals surface area contributed by atoms with Gasteiger partial charge in [0.2, 0.25) is 0 Å². The zero-order chi connectivity index (χ0) is 33.8. The van der Waals surface area contributed by atoms with Crippen molar-refractivity contribution in [3.8, 4) is 28.4 Å². The first-order chi connectivity index (χ1) is 24.5. The second-order valence-corrected chi connectivity index (χ2v) is 12.8. The molecule has 0 fully saturated rings. The number of nitrogens with zero attached hydrogens (tertiary/aromatic N) is 4. The molecule has 0 N–H and O–H groups in total. The Morgan fingerprint density at radius 1 is 0.647 bits per heavy atom. The van der Waals surface area contributed by atoms with Crippen LogP contribution in [-0.4, -0.2) is 9.55 Å². The van der Waals surface area contributed by atoms with Gasteiger partial charge in [0.25, 0.3) is 0 Å². The number of hydrogen-bond donors (Lipinski definition) is 0. The van der Waals surface area contributed by atoms with Gasteiger partial charge < -0.3 is 19.1 Å². The van der Waals surface area contributed by atoms with Crippen molar-refractivity contribution >= 4 is 44.6 Å². The van der Waals surface area contributed by atoms with Gasteiger partial charge in [-0.2, -0.15) is 5.56 Å². The van der Waals surface area contributed by atoms with Crippen molar-refractivity contribution in [1.29, 1.82) is 0 Å². The Hall–Kier alpha value is -5.64. The summed E-state index contributed by atoms with van der Waals surface area (Å²) in [7, 11) is 0. The summed E-state index contributed by atoms with van der Waals surface area (Å²) in [6.45, 7) is 8.56. The fraction of sp³-hybridized carbons (Fsp3) is 0.0667. The Kier molecular flexibility index (Phi) is 8.45. The number of fused-ring (bicyclic) bond motifs is 4. The average Bonchev–Trinajstić information content (AvgIpc) is 3.68. The van der Waals surface area contributed by atoms with Gasteiger partial charge in [-0.1, -0.05) is 90.6 Å². The monoisotopic (exact) mass is 840 g/mol. The molecule has 1 aliphatic heterocycles. The van der Waals surface area contributed by atoms with Crippen LogP contribution in [0.1, 0.15) is 16.7 Å². The third-order valence-corrected chi connectivity index (χ3v) is 9.45. The number of benzene rings is 6. The predicted molar refractivity (Wildman–Crippen MR) is 204 cm³/mol. The summed E-state index contributed by atoms with van der Waals surface area (Å²) in [6.07, 6.45) is 1.83. The van der Waals surface area contributed by atoms with E-state index in [4.69, 9.17) is 9.72 Å². The number of aromatic nitrogens is 2. The van der Waals surface area contributed by atoms with Crippen molar-refractivity contribution in [3.63, 3.8) is 0 Å². The topological polar surface area (TPSA) is 33.5 Å². The van der Waals surface area contributed by atoms with E-state index in [1.54, 1.807) is 0 Å². The first-order valence-electron chi connectivity index (χ1n) is 16.8. The second-order valence-electron chi connectivity index (χ2n) is 12.8. The summed E-state index contributed by atoms with van der Waals surface area (Å²) in [4.78, 5) is 9.19. The first kappa shape index (κ1) is 32.6. The maximum Gasteiger partial charge on any atom is 0.135 e. The Morgan fingerprint density at radius 3 is 2.06 bits per heavy atom. The van der Waals surface area contributed by atoms with Crippen LogP contribution < -0.4 is 14.5 Å². The first-order valence-corrected chi connectivity index (χ1v) is 16.8. The van der Waals surface area contributed by atoms with Crippen molar-refractivity contribution in [2.75, 3.05) is 9.80 Å². The molecule has 0 saturated heterocycles. The summed E-state index contributed by atoms with van der Waals surface area (Å²) in [5, 5.41) is 2.24. The molecule has 0 unspecified atom stereocenters. The molecule has 5 nitrogen and oxygen atoms in total. The van der Waals surface area contributed by atoms with Crippen LogP contribution in [0.25, 0.3) is 38.8 Å². The molecule has 6 heteroatoms. The van der Waals surface area contributed by atoms with Gasteiger partial charge in [-0.15, -0.1) is 48.3 Å². The minimum atomic E-state index is 0. The quantitative estimate of drug-likeness (QED) is 0.156. The van der Waals surface area contributed by atoms with E-state index in [0.717, 1.165) is 67.1 Å². The van der Waals surface area contributed by atoms with Crippen molar-refractivity contribution in [2.45, 2.75) is 20.8 Å². The van der Waals surface area contributed by atoms with E-state index in [1.165, 1.54) is 11.1 Å². The molecule has 6 aromatic carbocycles. The van der Waals surface area contributed by atoms with Crippen LogP contribution in [0.3, 0.4) is 0 Å². The molecule has 51 heavy (non-hydrogen) atoms. The molecule has 0 radical (unpaired) electrons. The Labute approximate surface area is 312 Å². The Morgan fingerprint density at radius 2 is 1.31 bits per heavy atom. The molecule has 0 spiro atoms. The minimum Gasteiger partial charge on any atom is -0.509 e. The van der Waals surface area contributed by atoms with Gasteiger partial charge in [0.1, 0.15) is 5.82 Å². The molecule has 9 rings (SSSR count). The van der Waals surface area contributed by atoms with Crippen LogP contribution in [0.5, 0.6) is 11.5 Å². The average molecular weight is 841 g/mol. The Balaban J connectivity index is 0.00000374. The van der Waals surface area contributed by atoms with Gasteiger partial charge in [0, 0.05) is 61.3 Å². The van der Waals surface area contributed by atoms with Gasteiger partial charge in [0.15, 0.2) is 0 Å². The molecule has 3 heterocycles. The van der Waals surface area contributed by atoms with Crippen molar-refractivity contribution < 1.29 is 25.8 Å². The van der Waals surface area contributed by atoms with Gasteiger partial charge in [-0.3, -0.25) is 0 Å². The molecule has 1 aliphatic rings. The van der Waals surface area contributed by atoms with Crippen LogP contribution in [0.2, 0.25) is 0 Å². The van der Waals surface area contributed by atoms with Crippen LogP contribution in [0.15, 0.2) is 140 Å². The summed E-state index contributed by atoms with van der Waals surface area (Å²) in [5.74, 6) is 2.05. The molecule has 0 atom stereocenters. The largest absolute Gasteiger partial charge is 0.509 e. The van der Waals surface area contributed by atoms with Crippen LogP contribution in [0.4, 0.5) is 22.7 Å². The standard InChI is InChI=1S/C45H33N4O.Pt/c1-30-22-35(48-29-47(34-16-8-5-9-17-34)41-24-31(2)32(3)25-42(41)48)26-36(23-30)50-37-27-39(33-14-6-4-7-15-33)45-38-18-10-11-19-40(38)49(43(45)28-37)44-20-12-13-21-46-44;/h4-25,27,29H,1-3H3;/q-3;. The number of anilines is 4. The number of hydrogen-bond acceptors (Lipinski definition) is 4. The third-order valence-electron chi connectivity index (χ3n) is 9.45. The zero-order valence-electron chi connectivity index (χ0n) is 28.4. The Bertz CT molecular complexity index is 2530. The molecule has 0 bridgehead atoms. The fourth-order valence-corrected chi connectivity index (χ4v) is 6.97. The van der Waals surface area contributed by atoms with Gasteiger partial charge in [0.05, 0.1) is 0 Å². The van der Waals surface area contributed by atoms with Crippen molar-refractivity contribution in [1.82, 2.24) is 9.55 Å². The van der Waals surface area contributed by atoms with E-state index in [0.29, 0.717) is 11.5 Å². The van der Waals surface area contributed by atoms with Crippen molar-refractivity contribution in [2.24, 2.45) is 0 Å². The molecule has 0 aliphatic carbocycles. The number of rotatable bonds is 6. The molecular weight excluding hydrogens is 808 g/mol. The summed E-state index contributed by atoms with van der Waals surface area (Å²) in [5.41, 5.74) is 11.9. The predicted octanol–water partition coefficient (Wildman–Crippen LogP) is 11.6. The molecular formula is C45H33N4OPt-3. The van der Waals surface area contributed by atoms with E-state index in [-0.39, 0.29) is 21.1 Å². The zero-order valence-corrected chi connectivity index (χ0v) is 30.6. The summed E-state index contributed by atoms with van der Waals surface area (Å²) < 4.78 is 8.93. The van der Waals surface area contributed by atoms with E-state index in [1.807, 2.05) is 42.6 Å². The maximum atomic E-state index is 6.76. The van der Waals surface area contributed by atoms with Gasteiger partial charge in [-0.25, -0.2) is 4.98 Å². The maximum absolute atomic E-state index is 6.76. The second kappa shape index (κ2) is 13.2. The van der Waals surface area contributed by atoms with E-state index < -0.39 is 0 Å². The molecule has 2 aromatic heterocycles. The smallest absolute Gasteiger partial charge is 0.135 e. The van der Waals surface area contributed by atoms with Crippen LogP contribution >= 0.6 is 0 Å². The van der Waals surface area contributed by atoms with Crippen molar-refractivity contribution in [3.05, 3.63) is 175 Å². The molecule has 0 saturated carbocycles.